The van der Waals surface area contributed by atoms with E-state index in [0.29, 0.717) is 13.2 Å². The zero-order chi connectivity index (χ0) is 14.7. The van der Waals surface area contributed by atoms with E-state index < -0.39 is 0 Å². The Morgan fingerprint density at radius 1 is 1.10 bits per heavy atom. The molecule has 1 aliphatic heterocycles. The maximum Gasteiger partial charge on any atom is 0.161 e. The number of rotatable bonds is 3. The number of hydrogen-bond donors (Lipinski definition) is 2. The molecule has 0 amide bonds. The third-order valence-corrected chi connectivity index (χ3v) is 4.51. The molecule has 0 aromatic heterocycles. The fourth-order valence-electron chi connectivity index (χ4n) is 3.23. The van der Waals surface area contributed by atoms with Crippen molar-refractivity contribution in [2.45, 2.75) is 57.2 Å². The number of fused-ring (bicyclic) bond motifs is 1. The van der Waals surface area contributed by atoms with Gasteiger partial charge in [-0.15, -0.1) is 0 Å². The van der Waals surface area contributed by atoms with Crippen LogP contribution in [0.25, 0.3) is 0 Å². The Bertz CT molecular complexity index is 477. The van der Waals surface area contributed by atoms with Gasteiger partial charge in [-0.3, -0.25) is 0 Å². The summed E-state index contributed by atoms with van der Waals surface area (Å²) in [5, 5.41) is 13.8. The minimum Gasteiger partial charge on any atom is -0.486 e. The van der Waals surface area contributed by atoms with Gasteiger partial charge in [0.05, 0.1) is 6.10 Å². The average molecular weight is 291 g/mol. The van der Waals surface area contributed by atoms with Crippen molar-refractivity contribution in [1.82, 2.24) is 5.32 Å². The van der Waals surface area contributed by atoms with Gasteiger partial charge in [0.15, 0.2) is 11.5 Å². The molecule has 3 rings (SSSR count). The lowest BCUT2D eigenvalue weighted by atomic mass is 10.0. The fraction of sp³-hybridized carbons (Fsp3) is 0.647. The second-order valence-corrected chi connectivity index (χ2v) is 6.10. The van der Waals surface area contributed by atoms with E-state index in [9.17, 15) is 5.11 Å². The first-order valence-electron chi connectivity index (χ1n) is 8.08. The molecule has 4 heteroatoms. The van der Waals surface area contributed by atoms with E-state index in [1.807, 2.05) is 6.07 Å². The molecule has 0 bridgehead atoms. The molecule has 2 aliphatic rings. The van der Waals surface area contributed by atoms with Crippen LogP contribution < -0.4 is 14.8 Å². The summed E-state index contributed by atoms with van der Waals surface area (Å²) in [4.78, 5) is 0. The Balaban J connectivity index is 1.68. The molecule has 1 fully saturated rings. The predicted molar refractivity (Wildman–Crippen MR) is 81.9 cm³/mol. The average Bonchev–Trinajstić information content (AvgIpc) is 2.72. The quantitative estimate of drug-likeness (QED) is 0.841. The van der Waals surface area contributed by atoms with Crippen LogP contribution in [0.3, 0.4) is 0 Å². The van der Waals surface area contributed by atoms with Crippen molar-refractivity contribution >= 4 is 0 Å². The Labute approximate surface area is 126 Å². The van der Waals surface area contributed by atoms with Crippen molar-refractivity contribution in [3.63, 3.8) is 0 Å². The van der Waals surface area contributed by atoms with Gasteiger partial charge < -0.3 is 19.9 Å². The second-order valence-electron chi connectivity index (χ2n) is 6.10. The molecule has 21 heavy (non-hydrogen) atoms. The third-order valence-electron chi connectivity index (χ3n) is 4.51. The third kappa shape index (κ3) is 3.50. The molecular formula is C17H25NO3. The molecule has 0 saturated heterocycles. The van der Waals surface area contributed by atoms with Gasteiger partial charge in [0.1, 0.15) is 13.2 Å². The van der Waals surface area contributed by atoms with E-state index in [4.69, 9.17) is 9.47 Å². The molecule has 2 N–H and O–H groups in total. The Kier molecular flexibility index (Phi) is 4.66. The van der Waals surface area contributed by atoms with Crippen LogP contribution in [0, 0.1) is 0 Å². The van der Waals surface area contributed by atoms with E-state index in [0.717, 1.165) is 30.8 Å². The molecule has 1 aliphatic carbocycles. The largest absolute Gasteiger partial charge is 0.486 e. The minimum atomic E-state index is -0.229. The minimum absolute atomic E-state index is 0.190. The molecule has 1 aromatic rings. The lowest BCUT2D eigenvalue weighted by Gasteiger charge is -2.27. The highest BCUT2D eigenvalue weighted by Crippen LogP contribution is 2.33. The number of aliphatic hydroxyl groups excluding tert-OH is 1. The SMILES string of the molecule is CC(NC1CCCCCC1O)c1ccc2c(c1)OCCO2. The van der Waals surface area contributed by atoms with Crippen molar-refractivity contribution in [1.29, 1.82) is 0 Å². The van der Waals surface area contributed by atoms with Gasteiger partial charge in [-0.1, -0.05) is 25.3 Å². The lowest BCUT2D eigenvalue weighted by Crippen LogP contribution is -2.40. The number of aliphatic hydroxyl groups is 1. The fourth-order valence-corrected chi connectivity index (χ4v) is 3.23. The van der Waals surface area contributed by atoms with Gasteiger partial charge in [0, 0.05) is 12.1 Å². The van der Waals surface area contributed by atoms with Crippen LogP contribution in [0.2, 0.25) is 0 Å². The Morgan fingerprint density at radius 2 is 1.86 bits per heavy atom. The van der Waals surface area contributed by atoms with Gasteiger partial charge in [-0.05, 0) is 37.5 Å². The molecule has 4 nitrogen and oxygen atoms in total. The predicted octanol–water partition coefficient (Wildman–Crippen LogP) is 2.80. The summed E-state index contributed by atoms with van der Waals surface area (Å²) in [5.41, 5.74) is 1.18. The van der Waals surface area contributed by atoms with Crippen LogP contribution in [-0.2, 0) is 0 Å². The number of benzene rings is 1. The summed E-state index contributed by atoms with van der Waals surface area (Å²) in [5.74, 6) is 1.65. The highest BCUT2D eigenvalue weighted by atomic mass is 16.6. The van der Waals surface area contributed by atoms with Crippen molar-refractivity contribution in [3.05, 3.63) is 23.8 Å². The summed E-state index contributed by atoms with van der Waals surface area (Å²) < 4.78 is 11.2. The summed E-state index contributed by atoms with van der Waals surface area (Å²) in [7, 11) is 0. The van der Waals surface area contributed by atoms with E-state index >= 15 is 0 Å². The number of hydrogen-bond acceptors (Lipinski definition) is 4. The van der Waals surface area contributed by atoms with Crippen molar-refractivity contribution < 1.29 is 14.6 Å². The first kappa shape index (κ1) is 14.7. The highest BCUT2D eigenvalue weighted by Gasteiger charge is 2.24. The maximum absolute atomic E-state index is 10.2. The van der Waals surface area contributed by atoms with Crippen LogP contribution in [0.15, 0.2) is 18.2 Å². The van der Waals surface area contributed by atoms with Crippen LogP contribution in [0.1, 0.15) is 50.6 Å². The Hall–Kier alpha value is -1.26. The topological polar surface area (TPSA) is 50.7 Å². The first-order valence-corrected chi connectivity index (χ1v) is 8.08. The zero-order valence-corrected chi connectivity index (χ0v) is 12.7. The zero-order valence-electron chi connectivity index (χ0n) is 12.7. The summed E-state index contributed by atoms with van der Waals surface area (Å²) in [6.07, 6.45) is 5.29. The summed E-state index contributed by atoms with van der Waals surface area (Å²) in [6.45, 7) is 3.37. The molecule has 1 saturated carbocycles. The van der Waals surface area contributed by atoms with Crippen LogP contribution in [-0.4, -0.2) is 30.5 Å². The van der Waals surface area contributed by atoms with E-state index in [-0.39, 0.29) is 18.2 Å². The van der Waals surface area contributed by atoms with E-state index in [1.165, 1.54) is 18.4 Å². The van der Waals surface area contributed by atoms with Crippen molar-refractivity contribution in [2.75, 3.05) is 13.2 Å². The molecule has 3 unspecified atom stereocenters. The van der Waals surface area contributed by atoms with Gasteiger partial charge in [0.2, 0.25) is 0 Å². The molecule has 1 heterocycles. The maximum atomic E-state index is 10.2. The van der Waals surface area contributed by atoms with Crippen LogP contribution >= 0.6 is 0 Å². The highest BCUT2D eigenvalue weighted by molar-refractivity contribution is 5.44. The molecule has 1 aromatic carbocycles. The first-order chi connectivity index (χ1) is 10.2. The molecule has 116 valence electrons. The molecule has 3 atom stereocenters. The smallest absolute Gasteiger partial charge is 0.161 e. The van der Waals surface area contributed by atoms with Crippen LogP contribution in [0.4, 0.5) is 0 Å². The molecular weight excluding hydrogens is 266 g/mol. The van der Waals surface area contributed by atoms with Gasteiger partial charge >= 0.3 is 0 Å². The second kappa shape index (κ2) is 6.67. The Morgan fingerprint density at radius 3 is 2.71 bits per heavy atom. The molecule has 0 spiro atoms. The van der Waals surface area contributed by atoms with E-state index in [2.05, 4.69) is 24.4 Å². The summed E-state index contributed by atoms with van der Waals surface area (Å²) in [6, 6.07) is 6.49. The normalized spacial score (nSPS) is 27.0. The number of nitrogens with one attached hydrogen (secondary N) is 1. The van der Waals surface area contributed by atoms with Crippen LogP contribution in [0.5, 0.6) is 11.5 Å². The van der Waals surface area contributed by atoms with Gasteiger partial charge in [-0.25, -0.2) is 0 Å². The standard InChI is InChI=1S/C17H25NO3/c1-12(18-14-5-3-2-4-6-15(14)19)13-7-8-16-17(11-13)21-10-9-20-16/h7-8,11-12,14-15,18-19H,2-6,9-10H2,1H3. The van der Waals surface area contributed by atoms with Gasteiger partial charge in [0.25, 0.3) is 0 Å². The van der Waals surface area contributed by atoms with E-state index in [1.54, 1.807) is 0 Å². The number of ether oxygens (including phenoxy) is 2. The lowest BCUT2D eigenvalue weighted by molar-refractivity contribution is 0.114. The van der Waals surface area contributed by atoms with Crippen molar-refractivity contribution in [3.8, 4) is 11.5 Å². The van der Waals surface area contributed by atoms with Crippen molar-refractivity contribution in [2.24, 2.45) is 0 Å². The monoisotopic (exact) mass is 291 g/mol. The summed E-state index contributed by atoms with van der Waals surface area (Å²) >= 11 is 0. The molecule has 0 radical (unpaired) electrons. The van der Waals surface area contributed by atoms with Gasteiger partial charge in [-0.2, -0.15) is 0 Å².